The van der Waals surface area contributed by atoms with Crippen LogP contribution in [-0.4, -0.2) is 48.5 Å². The first-order valence-corrected chi connectivity index (χ1v) is 8.57. The van der Waals surface area contributed by atoms with Gasteiger partial charge >= 0.3 is 0 Å². The highest BCUT2D eigenvalue weighted by atomic mass is 16.5. The second-order valence-electron chi connectivity index (χ2n) is 6.84. The zero-order chi connectivity index (χ0) is 14.7. The average molecular weight is 296 g/mol. The molecule has 3 N–H and O–H groups in total. The van der Waals surface area contributed by atoms with Gasteiger partial charge in [0.15, 0.2) is 0 Å². The monoisotopic (exact) mass is 296 g/mol. The normalized spacial score (nSPS) is 34.6. The van der Waals surface area contributed by atoms with E-state index in [-0.39, 0.29) is 24.0 Å². The zero-order valence-corrected chi connectivity index (χ0v) is 12.7. The first kappa shape index (κ1) is 15.3. The van der Waals surface area contributed by atoms with E-state index in [4.69, 9.17) is 4.74 Å². The highest BCUT2D eigenvalue weighted by Crippen LogP contribution is 2.25. The number of aliphatic hydroxyl groups is 1. The van der Waals surface area contributed by atoms with Gasteiger partial charge in [-0.1, -0.05) is 25.7 Å². The molecule has 0 aromatic heterocycles. The van der Waals surface area contributed by atoms with Gasteiger partial charge in [-0.05, 0) is 25.7 Å². The lowest BCUT2D eigenvalue weighted by Crippen LogP contribution is -2.48. The second-order valence-corrected chi connectivity index (χ2v) is 6.84. The van der Waals surface area contributed by atoms with Crippen molar-refractivity contribution in [1.82, 2.24) is 10.6 Å². The molecule has 2 saturated carbocycles. The number of hydrogen-bond donors (Lipinski definition) is 3. The van der Waals surface area contributed by atoms with Crippen molar-refractivity contribution in [3.8, 4) is 0 Å². The van der Waals surface area contributed by atoms with E-state index in [1.165, 1.54) is 25.7 Å². The molecule has 21 heavy (non-hydrogen) atoms. The van der Waals surface area contributed by atoms with Crippen molar-refractivity contribution >= 4 is 5.91 Å². The minimum Gasteiger partial charge on any atom is -0.389 e. The molecule has 0 spiro atoms. The topological polar surface area (TPSA) is 70.6 Å². The lowest BCUT2D eigenvalue weighted by Gasteiger charge is -2.22. The minimum atomic E-state index is -0.519. The molecule has 3 rings (SSSR count). The molecule has 1 heterocycles. The third-order valence-corrected chi connectivity index (χ3v) is 5.29. The standard InChI is InChI=1S/C16H28N2O3/c19-15-13(18-12-7-3-4-8-12)10-21-14(15)9-17-16(20)11-5-1-2-6-11/h11-15,18-19H,1-10H2,(H,17,20)/t13-,14-,15+/m1/s1. The molecular formula is C16H28N2O3. The molecule has 0 radical (unpaired) electrons. The van der Waals surface area contributed by atoms with Crippen molar-refractivity contribution in [3.05, 3.63) is 0 Å². The second kappa shape index (κ2) is 7.07. The van der Waals surface area contributed by atoms with Gasteiger partial charge in [-0.15, -0.1) is 0 Å². The molecule has 3 fully saturated rings. The summed E-state index contributed by atoms with van der Waals surface area (Å²) in [7, 11) is 0. The van der Waals surface area contributed by atoms with Crippen LogP contribution in [0.25, 0.3) is 0 Å². The molecule has 0 aromatic rings. The highest BCUT2D eigenvalue weighted by Gasteiger charge is 2.37. The summed E-state index contributed by atoms with van der Waals surface area (Å²) in [5.74, 6) is 0.312. The Labute approximate surface area is 126 Å². The minimum absolute atomic E-state index is 0.0153. The van der Waals surface area contributed by atoms with Crippen molar-refractivity contribution in [2.45, 2.75) is 75.7 Å². The van der Waals surface area contributed by atoms with Crippen LogP contribution in [-0.2, 0) is 9.53 Å². The van der Waals surface area contributed by atoms with Gasteiger partial charge in [0.05, 0.1) is 18.8 Å². The Hall–Kier alpha value is -0.650. The Bertz CT molecular complexity index is 351. The summed E-state index contributed by atoms with van der Waals surface area (Å²) < 4.78 is 5.67. The molecule has 1 amide bonds. The summed E-state index contributed by atoms with van der Waals surface area (Å²) in [6, 6.07) is 0.543. The van der Waals surface area contributed by atoms with Gasteiger partial charge < -0.3 is 20.5 Å². The largest absolute Gasteiger partial charge is 0.389 e. The average Bonchev–Trinajstić information content (AvgIpc) is 3.21. The summed E-state index contributed by atoms with van der Waals surface area (Å²) in [6.07, 6.45) is 8.51. The van der Waals surface area contributed by atoms with Crippen LogP contribution < -0.4 is 10.6 Å². The summed E-state index contributed by atoms with van der Waals surface area (Å²) in [5, 5.41) is 16.8. The fourth-order valence-corrected chi connectivity index (χ4v) is 3.94. The lowest BCUT2D eigenvalue weighted by molar-refractivity contribution is -0.125. The van der Waals surface area contributed by atoms with Gasteiger partial charge in [0.25, 0.3) is 0 Å². The molecule has 3 aliphatic rings. The molecule has 5 heteroatoms. The Morgan fingerprint density at radius 2 is 1.76 bits per heavy atom. The first-order chi connectivity index (χ1) is 10.2. The summed E-state index contributed by atoms with van der Waals surface area (Å²) in [6.45, 7) is 0.973. The van der Waals surface area contributed by atoms with Gasteiger partial charge in [-0.2, -0.15) is 0 Å². The van der Waals surface area contributed by atoms with E-state index in [9.17, 15) is 9.90 Å². The van der Waals surface area contributed by atoms with Crippen molar-refractivity contribution in [1.29, 1.82) is 0 Å². The van der Waals surface area contributed by atoms with Crippen LogP contribution >= 0.6 is 0 Å². The molecule has 5 nitrogen and oxygen atoms in total. The van der Waals surface area contributed by atoms with E-state index >= 15 is 0 Å². The third-order valence-electron chi connectivity index (χ3n) is 5.29. The van der Waals surface area contributed by atoms with Gasteiger partial charge in [0.1, 0.15) is 6.10 Å². The lowest BCUT2D eigenvalue weighted by atomic mass is 10.1. The van der Waals surface area contributed by atoms with Crippen LogP contribution in [0, 0.1) is 5.92 Å². The number of amides is 1. The van der Waals surface area contributed by atoms with E-state index in [1.807, 2.05) is 0 Å². The van der Waals surface area contributed by atoms with Crippen LogP contribution in [0.1, 0.15) is 51.4 Å². The number of nitrogens with one attached hydrogen (secondary N) is 2. The SMILES string of the molecule is O=C(NC[C@H]1OC[C@@H](NC2CCCC2)[C@@H]1O)C1CCCC1. The number of carbonyl (C=O) groups is 1. The summed E-state index contributed by atoms with van der Waals surface area (Å²) >= 11 is 0. The fraction of sp³-hybridized carbons (Fsp3) is 0.938. The first-order valence-electron chi connectivity index (χ1n) is 8.57. The fourth-order valence-electron chi connectivity index (χ4n) is 3.94. The van der Waals surface area contributed by atoms with Gasteiger partial charge in [0.2, 0.25) is 5.91 Å². The van der Waals surface area contributed by atoms with Gasteiger partial charge in [-0.3, -0.25) is 4.79 Å². The van der Waals surface area contributed by atoms with Gasteiger partial charge in [0, 0.05) is 18.5 Å². The molecule has 2 aliphatic carbocycles. The summed E-state index contributed by atoms with van der Waals surface area (Å²) in [5.41, 5.74) is 0. The van der Waals surface area contributed by atoms with E-state index in [2.05, 4.69) is 10.6 Å². The Kier molecular flexibility index (Phi) is 5.14. The van der Waals surface area contributed by atoms with Crippen molar-refractivity contribution in [2.24, 2.45) is 5.92 Å². The van der Waals surface area contributed by atoms with Crippen LogP contribution in [0.3, 0.4) is 0 Å². The van der Waals surface area contributed by atoms with E-state index in [1.54, 1.807) is 0 Å². The van der Waals surface area contributed by atoms with Crippen LogP contribution in [0.2, 0.25) is 0 Å². The number of carbonyl (C=O) groups excluding carboxylic acids is 1. The number of rotatable bonds is 5. The van der Waals surface area contributed by atoms with E-state index in [0.717, 1.165) is 25.7 Å². The molecule has 3 atom stereocenters. The van der Waals surface area contributed by atoms with Gasteiger partial charge in [-0.25, -0.2) is 0 Å². The van der Waals surface area contributed by atoms with Crippen molar-refractivity contribution in [2.75, 3.05) is 13.2 Å². The maximum absolute atomic E-state index is 12.0. The number of ether oxygens (including phenoxy) is 1. The molecule has 0 aromatic carbocycles. The Morgan fingerprint density at radius 1 is 1.10 bits per heavy atom. The number of hydrogen-bond acceptors (Lipinski definition) is 4. The number of aliphatic hydroxyl groups excluding tert-OH is 1. The van der Waals surface area contributed by atoms with Crippen LogP contribution in [0.5, 0.6) is 0 Å². The molecule has 120 valence electrons. The maximum atomic E-state index is 12.0. The van der Waals surface area contributed by atoms with Crippen molar-refractivity contribution < 1.29 is 14.6 Å². The quantitative estimate of drug-likeness (QED) is 0.706. The predicted molar refractivity (Wildman–Crippen MR) is 79.9 cm³/mol. The smallest absolute Gasteiger partial charge is 0.223 e. The predicted octanol–water partition coefficient (Wildman–Crippen LogP) is 0.953. The zero-order valence-electron chi connectivity index (χ0n) is 12.7. The molecule has 1 saturated heterocycles. The van der Waals surface area contributed by atoms with Crippen LogP contribution in [0.15, 0.2) is 0 Å². The summed E-state index contributed by atoms with van der Waals surface area (Å²) in [4.78, 5) is 12.0. The maximum Gasteiger partial charge on any atom is 0.223 e. The van der Waals surface area contributed by atoms with E-state index < -0.39 is 6.10 Å². The molecule has 1 aliphatic heterocycles. The Balaban J connectivity index is 1.40. The molecule has 0 unspecified atom stereocenters. The van der Waals surface area contributed by atoms with E-state index in [0.29, 0.717) is 19.2 Å². The highest BCUT2D eigenvalue weighted by molar-refractivity contribution is 5.78. The Morgan fingerprint density at radius 3 is 2.48 bits per heavy atom. The van der Waals surface area contributed by atoms with Crippen LogP contribution in [0.4, 0.5) is 0 Å². The molecular weight excluding hydrogens is 268 g/mol. The third kappa shape index (κ3) is 3.76. The van der Waals surface area contributed by atoms with Crippen molar-refractivity contribution in [3.63, 3.8) is 0 Å². The molecule has 0 bridgehead atoms.